The van der Waals surface area contributed by atoms with Crippen LogP contribution in [0.2, 0.25) is 0 Å². The van der Waals surface area contributed by atoms with E-state index in [-0.39, 0.29) is 42.8 Å². The van der Waals surface area contributed by atoms with Gasteiger partial charge in [0.2, 0.25) is 0 Å². The Morgan fingerprint density at radius 1 is 1.14 bits per heavy atom. The summed E-state index contributed by atoms with van der Waals surface area (Å²) >= 11 is 0. The SMILES string of the molecule is CC(C=C[C@H]1CC=CC(=O)O1)=C[C@H](C)CC=CC(C)C=C(C)C(=O)[C@@H](C)[C@H](O)[C@@H](C)CC(C)=CCOC(=O)NCc1ccc(C(F)(F)F)nc1. The first kappa shape index (κ1) is 41.9. The van der Waals surface area contributed by atoms with Gasteiger partial charge in [-0.1, -0.05) is 81.4 Å². The predicted octanol–water partition coefficient (Wildman–Crippen LogP) is 8.40. The number of cyclic esters (lactones) is 1. The molecule has 0 radical (unpaired) electrons. The lowest BCUT2D eigenvalue weighted by Crippen LogP contribution is -2.32. The number of pyridine rings is 1. The van der Waals surface area contributed by atoms with Crippen molar-refractivity contribution in [1.82, 2.24) is 10.3 Å². The lowest BCUT2D eigenvalue weighted by atomic mass is 9.84. The van der Waals surface area contributed by atoms with Crippen LogP contribution in [0.3, 0.4) is 0 Å². The Morgan fingerprint density at radius 3 is 2.50 bits per heavy atom. The second-order valence-corrected chi connectivity index (χ2v) is 13.1. The van der Waals surface area contributed by atoms with Crippen molar-refractivity contribution >= 4 is 17.8 Å². The fraction of sp³-hybridized carbons (Fsp3) is 0.487. The summed E-state index contributed by atoms with van der Waals surface area (Å²) in [7, 11) is 0. The first-order valence-corrected chi connectivity index (χ1v) is 16.9. The zero-order valence-corrected chi connectivity index (χ0v) is 30.0. The molecule has 274 valence electrons. The molecule has 11 heteroatoms. The molecule has 0 bridgehead atoms. The number of carbonyl (C=O) groups is 3. The number of Topliss-reactive ketones (excluding diaryl/α,β-unsaturated/α-hetero) is 1. The Labute approximate surface area is 293 Å². The summed E-state index contributed by atoms with van der Waals surface area (Å²) in [6.45, 7) is 13.3. The third-order valence-corrected chi connectivity index (χ3v) is 8.21. The number of amides is 1. The van der Waals surface area contributed by atoms with E-state index in [1.807, 2.05) is 52.0 Å². The van der Waals surface area contributed by atoms with E-state index in [0.29, 0.717) is 29.9 Å². The Bertz CT molecular complexity index is 1470. The molecule has 1 aliphatic heterocycles. The maximum atomic E-state index is 13.1. The molecule has 2 heterocycles. The summed E-state index contributed by atoms with van der Waals surface area (Å²) in [5, 5.41) is 13.4. The number of nitrogens with zero attached hydrogens (tertiary/aromatic N) is 1. The fourth-order valence-electron chi connectivity index (χ4n) is 5.42. The maximum absolute atomic E-state index is 13.1. The molecular weight excluding hydrogens is 649 g/mol. The van der Waals surface area contributed by atoms with Crippen LogP contribution in [-0.2, 0) is 31.8 Å². The summed E-state index contributed by atoms with van der Waals surface area (Å²) in [4.78, 5) is 39.9. The van der Waals surface area contributed by atoms with Gasteiger partial charge in [0, 0.05) is 31.2 Å². The summed E-state index contributed by atoms with van der Waals surface area (Å²) in [6.07, 6.45) is 13.7. The molecule has 2 rings (SSSR count). The van der Waals surface area contributed by atoms with Crippen molar-refractivity contribution in [1.29, 1.82) is 0 Å². The normalized spacial score (nSPS) is 19.2. The Hall–Kier alpha value is -4.25. The molecule has 0 fully saturated rings. The number of alkyl halides is 3. The van der Waals surface area contributed by atoms with E-state index in [9.17, 15) is 32.7 Å². The van der Waals surface area contributed by atoms with Crippen molar-refractivity contribution in [2.45, 2.75) is 92.7 Å². The highest BCUT2D eigenvalue weighted by Gasteiger charge is 2.32. The fourth-order valence-corrected chi connectivity index (χ4v) is 5.42. The van der Waals surface area contributed by atoms with Crippen LogP contribution in [0, 0.1) is 23.7 Å². The van der Waals surface area contributed by atoms with Gasteiger partial charge in [0.25, 0.3) is 0 Å². The molecule has 1 aliphatic rings. The monoisotopic (exact) mass is 700 g/mol. The van der Waals surface area contributed by atoms with Crippen LogP contribution in [-0.4, -0.2) is 46.8 Å². The highest BCUT2D eigenvalue weighted by Crippen LogP contribution is 2.27. The topological polar surface area (TPSA) is 115 Å². The number of allylic oxidation sites excluding steroid dienone is 8. The zero-order valence-electron chi connectivity index (χ0n) is 30.0. The minimum absolute atomic E-state index is 0.0286. The van der Waals surface area contributed by atoms with Gasteiger partial charge in [-0.25, -0.2) is 9.59 Å². The van der Waals surface area contributed by atoms with Crippen LogP contribution < -0.4 is 5.32 Å². The molecule has 1 unspecified atom stereocenters. The number of halogens is 3. The van der Waals surface area contributed by atoms with E-state index in [1.165, 1.54) is 12.1 Å². The molecule has 0 spiro atoms. The van der Waals surface area contributed by atoms with Crippen molar-refractivity contribution < 1.29 is 42.1 Å². The first-order chi connectivity index (χ1) is 23.5. The number of hydrogen-bond acceptors (Lipinski definition) is 7. The second kappa shape index (κ2) is 20.4. The van der Waals surface area contributed by atoms with E-state index in [2.05, 4.69) is 35.5 Å². The van der Waals surface area contributed by atoms with Gasteiger partial charge in [-0.05, 0) is 80.7 Å². The van der Waals surface area contributed by atoms with Crippen LogP contribution in [0.15, 0.2) is 89.7 Å². The highest BCUT2D eigenvalue weighted by atomic mass is 19.4. The Kier molecular flexibility index (Phi) is 17.1. The molecule has 8 nitrogen and oxygen atoms in total. The summed E-state index contributed by atoms with van der Waals surface area (Å²) in [5.74, 6) is -0.964. The molecule has 2 N–H and O–H groups in total. The smallest absolute Gasteiger partial charge is 0.433 e. The maximum Gasteiger partial charge on any atom is 0.433 e. The Balaban J connectivity index is 1.76. The quantitative estimate of drug-likeness (QED) is 0.0726. The average Bonchev–Trinajstić information content (AvgIpc) is 3.05. The standard InChI is InChI=1S/C39H51F3N2O6/c1-25(20-27(3)14-16-33-12-9-13-35(45)50-33)10-8-11-26(2)21-29(5)36(46)31(7)37(47)30(6)22-28(4)18-19-49-38(48)44-24-32-15-17-34(43-23-32)39(40,41)42/h8-9,11,13-18,20-21,23,25-26,30-31,33,37,47H,10,12,19,22,24H2,1-7H3,(H,44,48)/t25-,26?,30+,31-,33-,37-/m1/s1. The number of nitrogens with one attached hydrogen (secondary N) is 1. The molecule has 0 saturated heterocycles. The van der Waals surface area contributed by atoms with E-state index >= 15 is 0 Å². The number of ketones is 1. The number of esters is 1. The van der Waals surface area contributed by atoms with Gasteiger partial charge in [0.1, 0.15) is 18.4 Å². The van der Waals surface area contributed by atoms with Crippen LogP contribution in [0.25, 0.3) is 0 Å². The number of aliphatic hydroxyl groups is 1. The average molecular weight is 701 g/mol. The second-order valence-electron chi connectivity index (χ2n) is 13.1. The summed E-state index contributed by atoms with van der Waals surface area (Å²) in [5.41, 5.74) is 1.92. The van der Waals surface area contributed by atoms with Crippen LogP contribution in [0.4, 0.5) is 18.0 Å². The third kappa shape index (κ3) is 15.5. The number of aromatic nitrogens is 1. The van der Waals surface area contributed by atoms with Gasteiger partial charge in [0.15, 0.2) is 5.78 Å². The molecule has 0 saturated carbocycles. The molecular formula is C39H51F3N2O6. The lowest BCUT2D eigenvalue weighted by molar-refractivity contribution is -0.142. The van der Waals surface area contributed by atoms with E-state index in [1.54, 1.807) is 19.9 Å². The molecule has 6 atom stereocenters. The summed E-state index contributed by atoms with van der Waals surface area (Å²) < 4.78 is 48.3. The highest BCUT2D eigenvalue weighted by molar-refractivity contribution is 5.96. The Morgan fingerprint density at radius 2 is 1.86 bits per heavy atom. The van der Waals surface area contributed by atoms with Gasteiger partial charge < -0.3 is 19.9 Å². The van der Waals surface area contributed by atoms with E-state index in [0.717, 1.165) is 29.8 Å². The minimum atomic E-state index is -4.53. The molecule has 1 aromatic rings. The van der Waals surface area contributed by atoms with Gasteiger partial charge in [-0.3, -0.25) is 9.78 Å². The molecule has 1 amide bonds. The number of hydrogen-bond donors (Lipinski definition) is 2. The van der Waals surface area contributed by atoms with E-state index in [4.69, 9.17) is 9.47 Å². The van der Waals surface area contributed by atoms with Crippen LogP contribution >= 0.6 is 0 Å². The minimum Gasteiger partial charge on any atom is -0.455 e. The van der Waals surface area contributed by atoms with Crippen molar-refractivity contribution in [3.63, 3.8) is 0 Å². The van der Waals surface area contributed by atoms with Crippen molar-refractivity contribution in [2.75, 3.05) is 6.61 Å². The van der Waals surface area contributed by atoms with E-state index < -0.39 is 30.0 Å². The predicted molar refractivity (Wildman–Crippen MR) is 188 cm³/mol. The molecule has 1 aromatic heterocycles. The first-order valence-electron chi connectivity index (χ1n) is 16.9. The third-order valence-electron chi connectivity index (χ3n) is 8.21. The molecule has 0 aliphatic carbocycles. The van der Waals surface area contributed by atoms with Crippen molar-refractivity contribution in [3.8, 4) is 0 Å². The zero-order chi connectivity index (χ0) is 37.4. The number of carbonyl (C=O) groups excluding carboxylic acids is 3. The number of rotatable bonds is 17. The van der Waals surface area contributed by atoms with Gasteiger partial charge >= 0.3 is 18.2 Å². The van der Waals surface area contributed by atoms with Gasteiger partial charge in [-0.15, -0.1) is 0 Å². The van der Waals surface area contributed by atoms with Crippen LogP contribution in [0.5, 0.6) is 0 Å². The lowest BCUT2D eigenvalue weighted by Gasteiger charge is -2.25. The van der Waals surface area contributed by atoms with Gasteiger partial charge in [0.05, 0.1) is 6.10 Å². The number of alkyl carbamates (subject to hydrolysis) is 1. The van der Waals surface area contributed by atoms with Crippen molar-refractivity contribution in [3.05, 3.63) is 101 Å². The van der Waals surface area contributed by atoms with Crippen molar-refractivity contribution in [2.24, 2.45) is 23.7 Å². The molecule has 50 heavy (non-hydrogen) atoms. The number of ether oxygens (including phenoxy) is 2. The summed E-state index contributed by atoms with van der Waals surface area (Å²) in [6, 6.07) is 2.08. The number of aliphatic hydroxyl groups excluding tert-OH is 1. The van der Waals surface area contributed by atoms with Gasteiger partial charge in [-0.2, -0.15) is 13.2 Å². The largest absolute Gasteiger partial charge is 0.455 e. The molecule has 0 aromatic carbocycles. The van der Waals surface area contributed by atoms with Crippen LogP contribution in [0.1, 0.15) is 79.0 Å².